The first-order chi connectivity index (χ1) is 6.84. The fourth-order valence-corrected chi connectivity index (χ4v) is 2.72. The van der Waals surface area contributed by atoms with Gasteiger partial charge < -0.3 is 4.42 Å². The summed E-state index contributed by atoms with van der Waals surface area (Å²) in [6.45, 7) is 0. The molecule has 0 spiro atoms. The van der Waals surface area contributed by atoms with E-state index in [0.29, 0.717) is 4.71 Å². The minimum absolute atomic E-state index is 0.543. The molecule has 68 valence electrons. The Morgan fingerprint density at radius 2 is 1.86 bits per heavy atom. The van der Waals surface area contributed by atoms with E-state index in [1.54, 1.807) is 11.3 Å². The third-order valence-electron chi connectivity index (χ3n) is 2.15. The molecular weight excluding hydrogens is 212 g/mol. The van der Waals surface area contributed by atoms with Gasteiger partial charge in [-0.2, -0.15) is 0 Å². The Morgan fingerprint density at radius 3 is 2.79 bits per heavy atom. The second-order valence-corrected chi connectivity index (χ2v) is 4.53. The minimum Gasteiger partial charge on any atom is -0.444 e. The van der Waals surface area contributed by atoms with Crippen LogP contribution in [0.4, 0.5) is 0 Å². The molecule has 0 atom stereocenters. The second-order valence-electron chi connectivity index (χ2n) is 3.05. The van der Waals surface area contributed by atoms with Gasteiger partial charge in [0.25, 0.3) is 0 Å². The van der Waals surface area contributed by atoms with Gasteiger partial charge in [0.1, 0.15) is 0 Å². The van der Waals surface area contributed by atoms with Crippen LogP contribution in [0.15, 0.2) is 40.8 Å². The highest BCUT2D eigenvalue weighted by molar-refractivity contribution is 7.71. The Balaban J connectivity index is 2.65. The molecule has 0 aliphatic carbocycles. The van der Waals surface area contributed by atoms with Crippen LogP contribution in [0.3, 0.4) is 0 Å². The third kappa shape index (κ3) is 1.10. The Morgan fingerprint density at radius 1 is 1.00 bits per heavy atom. The lowest BCUT2D eigenvalue weighted by Crippen LogP contribution is -1.65. The van der Waals surface area contributed by atoms with Gasteiger partial charge in [0, 0.05) is 10.1 Å². The van der Waals surface area contributed by atoms with Crippen LogP contribution in [0.1, 0.15) is 0 Å². The molecule has 3 heteroatoms. The zero-order chi connectivity index (χ0) is 9.54. The predicted octanol–water partition coefficient (Wildman–Crippen LogP) is 4.38. The molecule has 14 heavy (non-hydrogen) atoms. The highest BCUT2D eigenvalue weighted by Crippen LogP contribution is 2.33. The maximum Gasteiger partial charge on any atom is 0.190 e. The van der Waals surface area contributed by atoms with E-state index in [9.17, 15) is 0 Å². The molecule has 0 saturated carbocycles. The standard InChI is InChI=1S/C11H6OS2/c13-10-6-5-9-11(12-10)7-3-1-2-4-8(7)14-9/h1-6H. The summed E-state index contributed by atoms with van der Waals surface area (Å²) in [6, 6.07) is 12.1. The molecule has 0 amide bonds. The predicted molar refractivity (Wildman–Crippen MR) is 62.4 cm³/mol. The molecule has 2 aromatic heterocycles. The molecule has 0 radical (unpaired) electrons. The zero-order valence-corrected chi connectivity index (χ0v) is 8.82. The quantitative estimate of drug-likeness (QED) is 0.519. The maximum absolute atomic E-state index is 5.54. The molecule has 0 saturated heterocycles. The Hall–Kier alpha value is -1.19. The average molecular weight is 218 g/mol. The van der Waals surface area contributed by atoms with Gasteiger partial charge in [-0.3, -0.25) is 0 Å². The Bertz CT molecular complexity index is 663. The van der Waals surface area contributed by atoms with E-state index < -0.39 is 0 Å². The summed E-state index contributed by atoms with van der Waals surface area (Å²) in [6.07, 6.45) is 0. The van der Waals surface area contributed by atoms with Crippen molar-refractivity contribution in [2.45, 2.75) is 0 Å². The largest absolute Gasteiger partial charge is 0.444 e. The van der Waals surface area contributed by atoms with Crippen LogP contribution < -0.4 is 0 Å². The van der Waals surface area contributed by atoms with Crippen molar-refractivity contribution in [2.75, 3.05) is 0 Å². The molecule has 2 heterocycles. The first-order valence-corrected chi connectivity index (χ1v) is 5.48. The smallest absolute Gasteiger partial charge is 0.190 e. The summed E-state index contributed by atoms with van der Waals surface area (Å²) in [4.78, 5) is 0. The molecule has 0 N–H and O–H groups in total. The van der Waals surface area contributed by atoms with E-state index in [4.69, 9.17) is 16.6 Å². The second kappa shape index (κ2) is 2.90. The van der Waals surface area contributed by atoms with Crippen LogP contribution >= 0.6 is 23.6 Å². The first-order valence-electron chi connectivity index (χ1n) is 4.26. The molecule has 0 aliphatic heterocycles. The van der Waals surface area contributed by atoms with Crippen molar-refractivity contribution in [1.82, 2.24) is 0 Å². The maximum atomic E-state index is 5.54. The molecule has 3 aromatic rings. The van der Waals surface area contributed by atoms with Gasteiger partial charge in [-0.25, -0.2) is 0 Å². The first kappa shape index (κ1) is 8.15. The Kier molecular flexibility index (Phi) is 1.69. The Labute approximate surface area is 89.6 Å². The monoisotopic (exact) mass is 218 g/mol. The molecule has 3 rings (SSSR count). The molecule has 0 unspecified atom stereocenters. The van der Waals surface area contributed by atoms with Crippen LogP contribution in [0, 0.1) is 4.71 Å². The highest BCUT2D eigenvalue weighted by Gasteiger charge is 2.05. The van der Waals surface area contributed by atoms with E-state index in [1.165, 1.54) is 4.70 Å². The van der Waals surface area contributed by atoms with Crippen LogP contribution in [-0.4, -0.2) is 0 Å². The number of benzene rings is 1. The van der Waals surface area contributed by atoms with Gasteiger partial charge >= 0.3 is 0 Å². The van der Waals surface area contributed by atoms with Crippen molar-refractivity contribution in [3.05, 3.63) is 41.1 Å². The molecule has 1 nitrogen and oxygen atoms in total. The van der Waals surface area contributed by atoms with Crippen molar-refractivity contribution >= 4 is 43.9 Å². The SMILES string of the molecule is S=c1ccc2sc3ccccc3c2o1. The molecule has 1 aromatic carbocycles. The number of thiophene rings is 1. The van der Waals surface area contributed by atoms with Crippen molar-refractivity contribution in [3.63, 3.8) is 0 Å². The topological polar surface area (TPSA) is 13.1 Å². The van der Waals surface area contributed by atoms with Crippen molar-refractivity contribution in [2.24, 2.45) is 0 Å². The van der Waals surface area contributed by atoms with Crippen molar-refractivity contribution < 1.29 is 4.42 Å². The van der Waals surface area contributed by atoms with Gasteiger partial charge in [-0.15, -0.1) is 11.3 Å². The van der Waals surface area contributed by atoms with Gasteiger partial charge in [0.05, 0.1) is 4.70 Å². The van der Waals surface area contributed by atoms with Crippen LogP contribution in [0.25, 0.3) is 20.4 Å². The number of hydrogen-bond acceptors (Lipinski definition) is 3. The van der Waals surface area contributed by atoms with Crippen LogP contribution in [-0.2, 0) is 0 Å². The fraction of sp³-hybridized carbons (Fsp3) is 0. The summed E-state index contributed by atoms with van der Waals surface area (Å²) in [5, 5.41) is 1.15. The lowest BCUT2D eigenvalue weighted by Gasteiger charge is -1.88. The molecule has 0 fully saturated rings. The zero-order valence-electron chi connectivity index (χ0n) is 7.19. The molecule has 0 bridgehead atoms. The average Bonchev–Trinajstić information content (AvgIpc) is 2.56. The normalized spacial score (nSPS) is 11.1. The van der Waals surface area contributed by atoms with E-state index in [1.807, 2.05) is 24.3 Å². The van der Waals surface area contributed by atoms with Crippen molar-refractivity contribution in [3.8, 4) is 0 Å². The summed E-state index contributed by atoms with van der Waals surface area (Å²) in [7, 11) is 0. The van der Waals surface area contributed by atoms with Gasteiger partial charge in [0.2, 0.25) is 0 Å². The van der Waals surface area contributed by atoms with Crippen molar-refractivity contribution in [1.29, 1.82) is 0 Å². The van der Waals surface area contributed by atoms with Gasteiger partial charge in [0.15, 0.2) is 10.3 Å². The van der Waals surface area contributed by atoms with Gasteiger partial charge in [-0.1, -0.05) is 12.1 Å². The fourth-order valence-electron chi connectivity index (χ4n) is 1.53. The van der Waals surface area contributed by atoms with Crippen LogP contribution in [0.5, 0.6) is 0 Å². The minimum atomic E-state index is 0.543. The number of hydrogen-bond donors (Lipinski definition) is 0. The lowest BCUT2D eigenvalue weighted by molar-refractivity contribution is 0.591. The van der Waals surface area contributed by atoms with Gasteiger partial charge in [-0.05, 0) is 36.5 Å². The lowest BCUT2D eigenvalue weighted by atomic mass is 10.2. The molecule has 0 aliphatic rings. The van der Waals surface area contributed by atoms with E-state index in [0.717, 1.165) is 15.7 Å². The summed E-state index contributed by atoms with van der Waals surface area (Å²) in [5.74, 6) is 0. The summed E-state index contributed by atoms with van der Waals surface area (Å²) < 4.78 is 8.48. The highest BCUT2D eigenvalue weighted by atomic mass is 32.1. The van der Waals surface area contributed by atoms with E-state index in [-0.39, 0.29) is 0 Å². The van der Waals surface area contributed by atoms with E-state index >= 15 is 0 Å². The third-order valence-corrected chi connectivity index (χ3v) is 3.49. The summed E-state index contributed by atoms with van der Waals surface area (Å²) in [5.41, 5.74) is 0.915. The summed E-state index contributed by atoms with van der Waals surface area (Å²) >= 11 is 6.74. The number of fused-ring (bicyclic) bond motifs is 3. The molecular formula is C11H6OS2. The van der Waals surface area contributed by atoms with E-state index in [2.05, 4.69) is 12.1 Å². The van der Waals surface area contributed by atoms with Crippen LogP contribution in [0.2, 0.25) is 0 Å². The number of rotatable bonds is 0.